The lowest BCUT2D eigenvalue weighted by atomic mass is 10.3. The summed E-state index contributed by atoms with van der Waals surface area (Å²) in [7, 11) is -1.43. The number of rotatable bonds is 6. The van der Waals surface area contributed by atoms with E-state index in [0.29, 0.717) is 36.9 Å². The number of aromatic nitrogens is 2. The molecule has 0 aliphatic carbocycles. The van der Waals surface area contributed by atoms with Gasteiger partial charge in [0, 0.05) is 64.2 Å². The van der Waals surface area contributed by atoms with Gasteiger partial charge in [0.1, 0.15) is 4.21 Å². The molecule has 2 saturated heterocycles. The largest absolute Gasteiger partial charge is 0.353 e. The molecule has 1 N–H and O–H groups in total. The van der Waals surface area contributed by atoms with E-state index < -0.39 is 10.0 Å². The number of hydrogen-bond acceptors (Lipinski definition) is 9. The van der Waals surface area contributed by atoms with E-state index >= 15 is 0 Å². The monoisotopic (exact) mass is 479 g/mol. The van der Waals surface area contributed by atoms with Crippen molar-refractivity contribution in [3.05, 3.63) is 29.1 Å². The molecule has 1 amide bonds. The summed E-state index contributed by atoms with van der Waals surface area (Å²) < 4.78 is 27.9. The molecule has 0 saturated carbocycles. The van der Waals surface area contributed by atoms with Gasteiger partial charge in [0.15, 0.2) is 11.6 Å². The molecule has 2 aromatic rings. The SMILES string of the molecule is CC(=O)NCc1ccc(S(=O)(=O)N2CCN(c3ccc(N4CCN(C)CC4)nn3)CC2)s1. The second kappa shape index (κ2) is 9.69. The van der Waals surface area contributed by atoms with Crippen molar-refractivity contribution in [1.29, 1.82) is 0 Å². The van der Waals surface area contributed by atoms with Crippen LogP contribution in [0, 0.1) is 0 Å². The second-order valence-electron chi connectivity index (χ2n) is 8.06. The second-order valence-corrected chi connectivity index (χ2v) is 11.4. The average Bonchev–Trinajstić information content (AvgIpc) is 3.29. The first kappa shape index (κ1) is 22.9. The van der Waals surface area contributed by atoms with Gasteiger partial charge in [-0.2, -0.15) is 4.31 Å². The van der Waals surface area contributed by atoms with E-state index in [1.165, 1.54) is 22.6 Å². The van der Waals surface area contributed by atoms with E-state index in [0.717, 1.165) is 42.7 Å². The van der Waals surface area contributed by atoms with Gasteiger partial charge in [-0.25, -0.2) is 8.42 Å². The number of nitrogens with one attached hydrogen (secondary N) is 1. The molecule has 0 atom stereocenters. The van der Waals surface area contributed by atoms with Crippen LogP contribution in [0.15, 0.2) is 28.5 Å². The molecule has 2 aromatic heterocycles. The molecule has 12 heteroatoms. The van der Waals surface area contributed by atoms with Crippen LogP contribution < -0.4 is 15.1 Å². The lowest BCUT2D eigenvalue weighted by Crippen LogP contribution is -2.49. The highest BCUT2D eigenvalue weighted by Gasteiger charge is 2.30. The molecule has 174 valence electrons. The normalized spacial score (nSPS) is 18.7. The number of nitrogens with zero attached hydrogens (tertiary/aromatic N) is 6. The molecule has 2 aliphatic heterocycles. The fourth-order valence-corrected chi connectivity index (χ4v) is 6.65. The van der Waals surface area contributed by atoms with Crippen LogP contribution in [0.2, 0.25) is 0 Å². The summed E-state index contributed by atoms with van der Waals surface area (Å²) in [6, 6.07) is 7.34. The van der Waals surface area contributed by atoms with Crippen molar-refractivity contribution in [1.82, 2.24) is 24.7 Å². The van der Waals surface area contributed by atoms with Gasteiger partial charge in [0.25, 0.3) is 10.0 Å². The predicted molar refractivity (Wildman–Crippen MR) is 125 cm³/mol. The van der Waals surface area contributed by atoms with E-state index in [4.69, 9.17) is 0 Å². The van der Waals surface area contributed by atoms with Crippen molar-refractivity contribution < 1.29 is 13.2 Å². The minimum Gasteiger partial charge on any atom is -0.353 e. The van der Waals surface area contributed by atoms with Gasteiger partial charge in [-0.3, -0.25) is 4.79 Å². The zero-order valence-corrected chi connectivity index (χ0v) is 20.0. The number of amides is 1. The van der Waals surface area contributed by atoms with Crippen LogP contribution in [0.1, 0.15) is 11.8 Å². The maximum absolute atomic E-state index is 13.0. The minimum atomic E-state index is -3.55. The minimum absolute atomic E-state index is 0.140. The Morgan fingerprint density at radius 1 is 0.938 bits per heavy atom. The van der Waals surface area contributed by atoms with Crippen LogP contribution in [0.5, 0.6) is 0 Å². The van der Waals surface area contributed by atoms with E-state index in [1.54, 1.807) is 12.1 Å². The number of anilines is 2. The summed E-state index contributed by atoms with van der Waals surface area (Å²) in [5.41, 5.74) is 0. The fourth-order valence-electron chi connectivity index (χ4n) is 3.78. The molecule has 0 radical (unpaired) electrons. The number of carbonyl (C=O) groups excluding carboxylic acids is 1. The Kier molecular flexibility index (Phi) is 6.93. The van der Waals surface area contributed by atoms with Gasteiger partial charge in [-0.15, -0.1) is 21.5 Å². The highest BCUT2D eigenvalue weighted by atomic mass is 32.2. The summed E-state index contributed by atoms with van der Waals surface area (Å²) in [5, 5.41) is 11.5. The lowest BCUT2D eigenvalue weighted by Gasteiger charge is -2.35. The molecule has 4 rings (SSSR count). The molecule has 2 fully saturated rings. The van der Waals surface area contributed by atoms with Crippen LogP contribution in [-0.2, 0) is 21.4 Å². The van der Waals surface area contributed by atoms with E-state index in [9.17, 15) is 13.2 Å². The Hall–Kier alpha value is -2.28. The van der Waals surface area contributed by atoms with Crippen molar-refractivity contribution >= 4 is 38.9 Å². The Balaban J connectivity index is 1.34. The number of sulfonamides is 1. The standard InChI is InChI=1S/C20H29N7O3S2/c1-16(28)21-15-17-3-6-20(31-17)32(29,30)27-13-11-26(12-14-27)19-5-4-18(22-23-19)25-9-7-24(2)8-10-25/h3-6H,7-15H2,1-2H3,(H,21,28). The van der Waals surface area contributed by atoms with Crippen molar-refractivity contribution in [2.24, 2.45) is 0 Å². The molecule has 4 heterocycles. The molecular weight excluding hydrogens is 450 g/mol. The van der Waals surface area contributed by atoms with Crippen LogP contribution in [0.4, 0.5) is 11.6 Å². The first-order valence-corrected chi connectivity index (χ1v) is 12.9. The molecule has 0 unspecified atom stereocenters. The van der Waals surface area contributed by atoms with Crippen molar-refractivity contribution in [3.8, 4) is 0 Å². The zero-order valence-electron chi connectivity index (χ0n) is 18.4. The molecule has 0 aromatic carbocycles. The van der Waals surface area contributed by atoms with Gasteiger partial charge >= 0.3 is 0 Å². The molecule has 0 spiro atoms. The molecule has 0 bridgehead atoms. The number of likely N-dealkylation sites (N-methyl/N-ethyl adjacent to an activating group) is 1. The van der Waals surface area contributed by atoms with Crippen LogP contribution in [-0.4, -0.2) is 93.1 Å². The van der Waals surface area contributed by atoms with Gasteiger partial charge < -0.3 is 20.0 Å². The highest BCUT2D eigenvalue weighted by molar-refractivity contribution is 7.91. The Labute approximate surface area is 192 Å². The topological polar surface area (TPSA) is 102 Å². The van der Waals surface area contributed by atoms with Crippen molar-refractivity contribution in [3.63, 3.8) is 0 Å². The number of piperazine rings is 2. The summed E-state index contributed by atoms with van der Waals surface area (Å²) in [4.78, 5) is 18.5. The zero-order chi connectivity index (χ0) is 22.7. The molecule has 32 heavy (non-hydrogen) atoms. The average molecular weight is 480 g/mol. The first-order valence-electron chi connectivity index (χ1n) is 10.7. The third-order valence-corrected chi connectivity index (χ3v) is 9.22. The van der Waals surface area contributed by atoms with Gasteiger partial charge in [0.2, 0.25) is 5.91 Å². The van der Waals surface area contributed by atoms with E-state index in [1.807, 2.05) is 12.1 Å². The predicted octanol–water partition coefficient (Wildman–Crippen LogP) is 0.437. The maximum Gasteiger partial charge on any atom is 0.252 e. The Morgan fingerprint density at radius 2 is 1.50 bits per heavy atom. The highest BCUT2D eigenvalue weighted by Crippen LogP contribution is 2.26. The maximum atomic E-state index is 13.0. The first-order chi connectivity index (χ1) is 15.3. The third-order valence-electron chi connectivity index (χ3n) is 5.77. The van der Waals surface area contributed by atoms with E-state index in [2.05, 4.69) is 37.3 Å². The van der Waals surface area contributed by atoms with Crippen molar-refractivity contribution in [2.75, 3.05) is 69.2 Å². The fraction of sp³-hybridized carbons (Fsp3) is 0.550. The summed E-state index contributed by atoms with van der Waals surface area (Å²) in [6.07, 6.45) is 0. The quantitative estimate of drug-likeness (QED) is 0.637. The van der Waals surface area contributed by atoms with Crippen LogP contribution in [0.3, 0.4) is 0 Å². The smallest absolute Gasteiger partial charge is 0.252 e. The molecule has 2 aliphatic rings. The van der Waals surface area contributed by atoms with Gasteiger partial charge in [-0.05, 0) is 31.3 Å². The Bertz CT molecular complexity index is 1030. The molecule has 10 nitrogen and oxygen atoms in total. The Morgan fingerprint density at radius 3 is 2.03 bits per heavy atom. The third kappa shape index (κ3) is 5.20. The van der Waals surface area contributed by atoms with Crippen LogP contribution >= 0.6 is 11.3 Å². The number of carbonyl (C=O) groups is 1. The lowest BCUT2D eigenvalue weighted by molar-refractivity contribution is -0.119. The van der Waals surface area contributed by atoms with Crippen LogP contribution in [0.25, 0.3) is 0 Å². The van der Waals surface area contributed by atoms with Crippen molar-refractivity contribution in [2.45, 2.75) is 17.7 Å². The van der Waals surface area contributed by atoms with Gasteiger partial charge in [0.05, 0.1) is 6.54 Å². The molecular formula is C20H29N7O3S2. The summed E-state index contributed by atoms with van der Waals surface area (Å²) in [6.45, 7) is 7.59. The van der Waals surface area contributed by atoms with E-state index in [-0.39, 0.29) is 5.91 Å². The summed E-state index contributed by atoms with van der Waals surface area (Å²) in [5.74, 6) is 1.52. The number of thiophene rings is 1. The van der Waals surface area contributed by atoms with Gasteiger partial charge in [-0.1, -0.05) is 0 Å². The summed E-state index contributed by atoms with van der Waals surface area (Å²) >= 11 is 1.20. The number of hydrogen-bond donors (Lipinski definition) is 1.